The van der Waals surface area contributed by atoms with Gasteiger partial charge in [0.25, 0.3) is 0 Å². The Morgan fingerprint density at radius 2 is 2.21 bits per heavy atom. The lowest BCUT2D eigenvalue weighted by atomic mass is 10.1. The number of fused-ring (bicyclic) bond motifs is 1. The molecule has 1 N–H and O–H groups in total. The van der Waals surface area contributed by atoms with Gasteiger partial charge in [-0.25, -0.2) is 9.97 Å². The van der Waals surface area contributed by atoms with Crippen molar-refractivity contribution in [1.82, 2.24) is 15.0 Å². The summed E-state index contributed by atoms with van der Waals surface area (Å²) in [5, 5.41) is 0. The Balaban J connectivity index is 2.48. The molecule has 0 aliphatic heterocycles. The van der Waals surface area contributed by atoms with Gasteiger partial charge in [-0.3, -0.25) is 4.79 Å². The number of rotatable bonds is 2. The summed E-state index contributed by atoms with van der Waals surface area (Å²) in [6.07, 6.45) is 1.57. The number of hydrogen-bond donors (Lipinski definition) is 1. The molecule has 0 radical (unpaired) electrons. The Kier molecular flexibility index (Phi) is 2.04. The Morgan fingerprint density at radius 1 is 1.43 bits per heavy atom. The Hall–Kier alpha value is -1.71. The van der Waals surface area contributed by atoms with Gasteiger partial charge in [0, 0.05) is 5.92 Å². The summed E-state index contributed by atoms with van der Waals surface area (Å²) in [5.41, 5.74) is 1.93. The first-order valence-corrected chi connectivity index (χ1v) is 4.53. The van der Waals surface area contributed by atoms with Gasteiger partial charge in [-0.1, -0.05) is 13.8 Å². The smallest absolute Gasteiger partial charge is 0.183 e. The molecule has 0 atom stereocenters. The first-order chi connectivity index (χ1) is 6.68. The minimum Gasteiger partial charge on any atom is -0.343 e. The van der Waals surface area contributed by atoms with E-state index in [1.165, 1.54) is 0 Å². The maximum atomic E-state index is 11.6. The molecule has 0 unspecified atom stereocenters. The fourth-order valence-corrected chi connectivity index (χ4v) is 1.26. The third-order valence-corrected chi connectivity index (χ3v) is 2.06. The third-order valence-electron chi connectivity index (χ3n) is 2.06. The summed E-state index contributed by atoms with van der Waals surface area (Å²) in [6, 6.07) is 3.55. The lowest BCUT2D eigenvalue weighted by Crippen LogP contribution is -2.09. The van der Waals surface area contributed by atoms with Gasteiger partial charge in [0.15, 0.2) is 11.4 Å². The third kappa shape index (κ3) is 1.39. The van der Waals surface area contributed by atoms with Crippen molar-refractivity contribution in [2.24, 2.45) is 5.92 Å². The minimum absolute atomic E-state index is 0.0288. The SMILES string of the molecule is CC(C)C(=O)c1ccc2[nH]cnc2n1. The second-order valence-electron chi connectivity index (χ2n) is 3.49. The molecule has 0 saturated carbocycles. The maximum absolute atomic E-state index is 11.6. The number of hydrogen-bond acceptors (Lipinski definition) is 3. The molecule has 14 heavy (non-hydrogen) atoms. The van der Waals surface area contributed by atoms with E-state index in [-0.39, 0.29) is 11.7 Å². The number of carbonyl (C=O) groups excluding carboxylic acids is 1. The van der Waals surface area contributed by atoms with Crippen LogP contribution in [-0.4, -0.2) is 20.7 Å². The van der Waals surface area contributed by atoms with Crippen molar-refractivity contribution < 1.29 is 4.79 Å². The number of aromatic amines is 1. The molecule has 0 saturated heterocycles. The van der Waals surface area contributed by atoms with Gasteiger partial charge < -0.3 is 4.98 Å². The molecular weight excluding hydrogens is 178 g/mol. The zero-order chi connectivity index (χ0) is 10.1. The standard InChI is InChI=1S/C10H11N3O/c1-6(2)9(14)7-3-4-8-10(13-7)12-5-11-8/h3-6H,1-2H3,(H,11,12,13). The lowest BCUT2D eigenvalue weighted by Gasteiger charge is -2.01. The summed E-state index contributed by atoms with van der Waals surface area (Å²) in [7, 11) is 0. The highest BCUT2D eigenvalue weighted by atomic mass is 16.1. The second-order valence-corrected chi connectivity index (χ2v) is 3.49. The first kappa shape index (κ1) is 8.87. The number of pyridine rings is 1. The lowest BCUT2D eigenvalue weighted by molar-refractivity contribution is 0.0934. The number of H-pyrrole nitrogens is 1. The molecule has 0 aromatic carbocycles. The van der Waals surface area contributed by atoms with E-state index < -0.39 is 0 Å². The van der Waals surface area contributed by atoms with Gasteiger partial charge in [0.1, 0.15) is 5.69 Å². The van der Waals surface area contributed by atoms with E-state index in [0.717, 1.165) is 5.52 Å². The highest BCUT2D eigenvalue weighted by molar-refractivity contribution is 5.96. The van der Waals surface area contributed by atoms with E-state index in [1.807, 2.05) is 19.9 Å². The fourth-order valence-electron chi connectivity index (χ4n) is 1.26. The summed E-state index contributed by atoms with van der Waals surface area (Å²) in [6.45, 7) is 3.72. The van der Waals surface area contributed by atoms with E-state index in [9.17, 15) is 4.79 Å². The topological polar surface area (TPSA) is 58.6 Å². The van der Waals surface area contributed by atoms with Gasteiger partial charge in [-0.05, 0) is 12.1 Å². The normalized spacial score (nSPS) is 11.1. The molecule has 2 aromatic heterocycles. The van der Waals surface area contributed by atoms with E-state index in [0.29, 0.717) is 11.3 Å². The molecule has 0 fully saturated rings. The summed E-state index contributed by atoms with van der Waals surface area (Å²) in [5.74, 6) is 0.0220. The van der Waals surface area contributed by atoms with Crippen LogP contribution >= 0.6 is 0 Å². The molecule has 0 aliphatic carbocycles. The number of ketones is 1. The Bertz CT molecular complexity index is 473. The van der Waals surface area contributed by atoms with Crippen LogP contribution in [0.25, 0.3) is 11.2 Å². The zero-order valence-corrected chi connectivity index (χ0v) is 8.11. The molecule has 2 rings (SSSR count). The van der Waals surface area contributed by atoms with Crippen molar-refractivity contribution in [1.29, 1.82) is 0 Å². The number of nitrogens with zero attached hydrogens (tertiary/aromatic N) is 2. The van der Waals surface area contributed by atoms with Crippen LogP contribution in [0, 0.1) is 5.92 Å². The molecule has 0 spiro atoms. The van der Waals surface area contributed by atoms with E-state index >= 15 is 0 Å². The number of Topliss-reactive ketones (excluding diaryl/α,β-unsaturated/α-hetero) is 1. The van der Waals surface area contributed by atoms with E-state index in [4.69, 9.17) is 0 Å². The highest BCUT2D eigenvalue weighted by Crippen LogP contribution is 2.10. The monoisotopic (exact) mass is 189 g/mol. The van der Waals surface area contributed by atoms with Crippen molar-refractivity contribution in [3.05, 3.63) is 24.2 Å². The second kappa shape index (κ2) is 3.21. The first-order valence-electron chi connectivity index (χ1n) is 4.53. The fraction of sp³-hybridized carbons (Fsp3) is 0.300. The van der Waals surface area contributed by atoms with Crippen LogP contribution in [0.15, 0.2) is 18.5 Å². The van der Waals surface area contributed by atoms with Crippen molar-refractivity contribution in [3.63, 3.8) is 0 Å². The van der Waals surface area contributed by atoms with Crippen LogP contribution in [0.5, 0.6) is 0 Å². The number of aromatic nitrogens is 3. The van der Waals surface area contributed by atoms with Crippen LogP contribution < -0.4 is 0 Å². The molecule has 72 valence electrons. The molecule has 4 heteroatoms. The van der Waals surface area contributed by atoms with Crippen molar-refractivity contribution in [2.75, 3.05) is 0 Å². The van der Waals surface area contributed by atoms with Gasteiger partial charge in [0.2, 0.25) is 0 Å². The molecule has 2 heterocycles. The summed E-state index contributed by atoms with van der Waals surface area (Å²) in [4.78, 5) is 22.7. The largest absolute Gasteiger partial charge is 0.343 e. The Labute approximate surface area is 81.4 Å². The van der Waals surface area contributed by atoms with Crippen LogP contribution in [0.2, 0.25) is 0 Å². The molecule has 2 aromatic rings. The maximum Gasteiger partial charge on any atom is 0.183 e. The van der Waals surface area contributed by atoms with Crippen LogP contribution in [0.4, 0.5) is 0 Å². The molecule has 4 nitrogen and oxygen atoms in total. The quantitative estimate of drug-likeness (QED) is 0.733. The van der Waals surface area contributed by atoms with Gasteiger partial charge in [0.05, 0.1) is 11.8 Å². The molecule has 0 aliphatic rings. The van der Waals surface area contributed by atoms with Gasteiger partial charge in [-0.15, -0.1) is 0 Å². The Morgan fingerprint density at radius 3 is 2.93 bits per heavy atom. The molecular formula is C10H11N3O. The molecule has 0 bridgehead atoms. The highest BCUT2D eigenvalue weighted by Gasteiger charge is 2.12. The number of nitrogens with one attached hydrogen (secondary N) is 1. The predicted molar refractivity (Wildman–Crippen MR) is 53.1 cm³/mol. The van der Waals surface area contributed by atoms with Crippen LogP contribution in [0.3, 0.4) is 0 Å². The van der Waals surface area contributed by atoms with E-state index in [2.05, 4.69) is 15.0 Å². The van der Waals surface area contributed by atoms with Crippen molar-refractivity contribution >= 4 is 16.9 Å². The average molecular weight is 189 g/mol. The van der Waals surface area contributed by atoms with Gasteiger partial charge in [-0.2, -0.15) is 0 Å². The summed E-state index contributed by atoms with van der Waals surface area (Å²) < 4.78 is 0. The number of carbonyl (C=O) groups is 1. The minimum atomic E-state index is -0.0288. The van der Waals surface area contributed by atoms with Crippen LogP contribution in [0.1, 0.15) is 24.3 Å². The van der Waals surface area contributed by atoms with Crippen LogP contribution in [-0.2, 0) is 0 Å². The van der Waals surface area contributed by atoms with Crippen molar-refractivity contribution in [3.8, 4) is 0 Å². The van der Waals surface area contributed by atoms with Gasteiger partial charge >= 0.3 is 0 Å². The zero-order valence-electron chi connectivity index (χ0n) is 8.11. The molecule has 0 amide bonds. The predicted octanol–water partition coefficient (Wildman–Crippen LogP) is 1.80. The number of imidazole rings is 1. The van der Waals surface area contributed by atoms with Crippen molar-refractivity contribution in [2.45, 2.75) is 13.8 Å². The van der Waals surface area contributed by atoms with E-state index in [1.54, 1.807) is 12.4 Å². The summed E-state index contributed by atoms with van der Waals surface area (Å²) >= 11 is 0. The average Bonchev–Trinajstić information content (AvgIpc) is 2.62.